The van der Waals surface area contributed by atoms with Gasteiger partial charge in [-0.05, 0) is 17.0 Å². The van der Waals surface area contributed by atoms with E-state index in [-0.39, 0.29) is 12.4 Å². The summed E-state index contributed by atoms with van der Waals surface area (Å²) in [6, 6.07) is 9.30. The van der Waals surface area contributed by atoms with Crippen molar-refractivity contribution in [1.82, 2.24) is 4.98 Å². The molecule has 1 heterocycles. The van der Waals surface area contributed by atoms with Gasteiger partial charge in [-0.2, -0.15) is 0 Å². The van der Waals surface area contributed by atoms with Crippen LogP contribution in [0.15, 0.2) is 53.9 Å². The van der Waals surface area contributed by atoms with E-state index in [1.54, 1.807) is 0 Å². The van der Waals surface area contributed by atoms with Gasteiger partial charge < -0.3 is 15.1 Å². The Morgan fingerprint density at radius 3 is 2.91 bits per heavy atom. The lowest BCUT2D eigenvalue weighted by Crippen LogP contribution is -2.25. The third kappa shape index (κ3) is 4.55. The summed E-state index contributed by atoms with van der Waals surface area (Å²) in [6.07, 6.45) is 5.26. The van der Waals surface area contributed by atoms with Crippen LogP contribution in [0.25, 0.3) is 0 Å². The number of rotatable bonds is 7. The standard InChI is InChI=1S/C15H15N3O4/c19-15(20)13(8-12-4-2-1-3-5-12)10-22-11-17-14-9-16-6-7-18(14)21/h1-7,9,11,13H,8,10H2,(H,19,20). The van der Waals surface area contributed by atoms with Crippen molar-refractivity contribution < 1.29 is 19.4 Å². The highest BCUT2D eigenvalue weighted by Crippen LogP contribution is 2.09. The molecule has 1 atom stereocenters. The first-order chi connectivity index (χ1) is 10.7. The summed E-state index contributed by atoms with van der Waals surface area (Å²) in [5, 5.41) is 20.5. The van der Waals surface area contributed by atoms with Crippen LogP contribution in [0.3, 0.4) is 0 Å². The summed E-state index contributed by atoms with van der Waals surface area (Å²) >= 11 is 0. The van der Waals surface area contributed by atoms with Crippen LogP contribution in [0.5, 0.6) is 0 Å². The average Bonchev–Trinajstić information content (AvgIpc) is 2.52. The third-order valence-corrected chi connectivity index (χ3v) is 2.94. The topological polar surface area (TPSA) is 98.7 Å². The maximum absolute atomic E-state index is 11.3. The van der Waals surface area contributed by atoms with Gasteiger partial charge in [0.2, 0.25) is 0 Å². The molecule has 0 amide bonds. The number of carboxylic acids is 1. The van der Waals surface area contributed by atoms with Crippen molar-refractivity contribution in [3.63, 3.8) is 0 Å². The second-order valence-electron chi connectivity index (χ2n) is 4.55. The molecule has 0 radical (unpaired) electrons. The normalized spacial score (nSPS) is 12.2. The number of ether oxygens (including phenoxy) is 1. The van der Waals surface area contributed by atoms with Crippen molar-refractivity contribution in [2.75, 3.05) is 6.61 Å². The van der Waals surface area contributed by atoms with Gasteiger partial charge in [-0.25, -0.2) is 4.73 Å². The van der Waals surface area contributed by atoms with Crippen LogP contribution in [0.1, 0.15) is 5.56 Å². The summed E-state index contributed by atoms with van der Waals surface area (Å²) < 4.78 is 5.67. The molecule has 0 saturated heterocycles. The van der Waals surface area contributed by atoms with Crippen molar-refractivity contribution >= 4 is 18.2 Å². The Bertz CT molecular complexity index is 646. The van der Waals surface area contributed by atoms with Crippen molar-refractivity contribution in [1.29, 1.82) is 0 Å². The Hall–Kier alpha value is -2.96. The fraction of sp³-hybridized carbons (Fsp3) is 0.200. The fourth-order valence-corrected chi connectivity index (χ4v) is 1.80. The molecule has 7 heteroatoms. The molecule has 1 N–H and O–H groups in total. The Morgan fingerprint density at radius 2 is 2.23 bits per heavy atom. The number of nitrogens with zero attached hydrogens (tertiary/aromatic N) is 3. The van der Waals surface area contributed by atoms with Crippen molar-refractivity contribution in [2.24, 2.45) is 10.9 Å². The summed E-state index contributed by atoms with van der Waals surface area (Å²) in [5.41, 5.74) is 0.917. The zero-order valence-electron chi connectivity index (χ0n) is 11.7. The second kappa shape index (κ2) is 7.72. The number of carboxylic acid groups (broad SMARTS) is 1. The van der Waals surface area contributed by atoms with Crippen molar-refractivity contribution in [2.45, 2.75) is 6.42 Å². The first-order valence-corrected chi connectivity index (χ1v) is 6.61. The van der Waals surface area contributed by atoms with Gasteiger partial charge in [-0.3, -0.25) is 9.78 Å². The number of aliphatic imine (C=N–C) groups is 1. The summed E-state index contributed by atoms with van der Waals surface area (Å²) in [5.74, 6) is -1.57. The number of aromatic nitrogens is 2. The summed E-state index contributed by atoms with van der Waals surface area (Å²) in [4.78, 5) is 18.8. The first kappa shape index (κ1) is 15.4. The Morgan fingerprint density at radius 1 is 1.45 bits per heavy atom. The minimum atomic E-state index is -0.947. The Kier molecular flexibility index (Phi) is 5.42. The predicted octanol–water partition coefficient (Wildman–Crippen LogP) is 1.33. The zero-order valence-corrected chi connectivity index (χ0v) is 11.7. The molecule has 114 valence electrons. The van der Waals surface area contributed by atoms with E-state index in [0.717, 1.165) is 12.0 Å². The minimum absolute atomic E-state index is 0.0349. The van der Waals surface area contributed by atoms with Crippen molar-refractivity contribution in [3.8, 4) is 0 Å². The van der Waals surface area contributed by atoms with Crippen LogP contribution in [0, 0.1) is 11.1 Å². The molecule has 1 aromatic heterocycles. The Balaban J connectivity index is 1.90. The van der Waals surface area contributed by atoms with E-state index < -0.39 is 11.9 Å². The molecular weight excluding hydrogens is 286 g/mol. The monoisotopic (exact) mass is 301 g/mol. The lowest BCUT2D eigenvalue weighted by molar-refractivity contribution is -0.592. The van der Waals surface area contributed by atoms with Crippen LogP contribution < -0.4 is 4.73 Å². The van der Waals surface area contributed by atoms with Crippen LogP contribution in [-0.2, 0) is 16.0 Å². The fourth-order valence-electron chi connectivity index (χ4n) is 1.80. The van der Waals surface area contributed by atoms with E-state index in [9.17, 15) is 15.1 Å². The molecule has 2 rings (SSSR count). The molecule has 7 nitrogen and oxygen atoms in total. The number of hydrogen-bond acceptors (Lipinski definition) is 5. The van der Waals surface area contributed by atoms with E-state index in [1.165, 1.54) is 18.6 Å². The lowest BCUT2D eigenvalue weighted by atomic mass is 10.0. The van der Waals surface area contributed by atoms with E-state index in [0.29, 0.717) is 11.2 Å². The molecule has 0 spiro atoms. The smallest absolute Gasteiger partial charge is 0.348 e. The summed E-state index contributed by atoms with van der Waals surface area (Å²) in [6.45, 7) is -0.0349. The van der Waals surface area contributed by atoms with Gasteiger partial charge in [0.05, 0.1) is 12.1 Å². The van der Waals surface area contributed by atoms with Gasteiger partial charge in [0.25, 0.3) is 6.40 Å². The third-order valence-electron chi connectivity index (χ3n) is 2.94. The van der Waals surface area contributed by atoms with Crippen LogP contribution >= 0.6 is 0 Å². The zero-order chi connectivity index (χ0) is 15.8. The van der Waals surface area contributed by atoms with Gasteiger partial charge in [-0.15, -0.1) is 0 Å². The molecule has 22 heavy (non-hydrogen) atoms. The maximum Gasteiger partial charge on any atom is 0.348 e. The molecule has 0 aliphatic heterocycles. The van der Waals surface area contributed by atoms with Crippen LogP contribution in [-0.4, -0.2) is 29.1 Å². The summed E-state index contributed by atoms with van der Waals surface area (Å²) in [7, 11) is 0. The highest BCUT2D eigenvalue weighted by atomic mass is 16.5. The predicted molar refractivity (Wildman–Crippen MR) is 78.6 cm³/mol. The first-order valence-electron chi connectivity index (χ1n) is 6.61. The number of benzene rings is 1. The molecule has 0 saturated carbocycles. The lowest BCUT2D eigenvalue weighted by Gasteiger charge is -2.10. The van der Waals surface area contributed by atoms with Gasteiger partial charge >= 0.3 is 11.8 Å². The van der Waals surface area contributed by atoms with Gasteiger partial charge in [0.1, 0.15) is 19.0 Å². The molecule has 1 unspecified atom stereocenters. The van der Waals surface area contributed by atoms with E-state index in [1.807, 2.05) is 30.3 Å². The van der Waals surface area contributed by atoms with E-state index >= 15 is 0 Å². The van der Waals surface area contributed by atoms with Gasteiger partial charge in [0, 0.05) is 0 Å². The molecular formula is C15H15N3O4. The number of carbonyl (C=O) groups is 1. The molecule has 1 aromatic carbocycles. The number of aliphatic carboxylic acids is 1. The molecule has 0 bridgehead atoms. The van der Waals surface area contributed by atoms with E-state index in [2.05, 4.69) is 9.98 Å². The maximum atomic E-state index is 11.3. The SMILES string of the molecule is O=C(O)C(COC=Nc1cncc[n+]1[O-])Cc1ccccc1. The molecule has 0 fully saturated rings. The largest absolute Gasteiger partial charge is 0.710 e. The molecule has 0 aliphatic rings. The van der Waals surface area contributed by atoms with Crippen LogP contribution in [0.4, 0.5) is 5.82 Å². The highest BCUT2D eigenvalue weighted by molar-refractivity contribution is 5.70. The molecule has 2 aromatic rings. The number of hydrogen-bond donors (Lipinski definition) is 1. The molecule has 0 aliphatic carbocycles. The van der Waals surface area contributed by atoms with Crippen molar-refractivity contribution in [3.05, 3.63) is 59.7 Å². The van der Waals surface area contributed by atoms with Gasteiger partial charge in [-0.1, -0.05) is 30.3 Å². The second-order valence-corrected chi connectivity index (χ2v) is 4.55. The highest BCUT2D eigenvalue weighted by Gasteiger charge is 2.18. The average molecular weight is 301 g/mol. The van der Waals surface area contributed by atoms with Gasteiger partial charge in [0.15, 0.2) is 0 Å². The van der Waals surface area contributed by atoms with Crippen LogP contribution in [0.2, 0.25) is 0 Å². The minimum Gasteiger partial charge on any atom is -0.710 e. The quantitative estimate of drug-likeness (QED) is 0.360. The Labute approximate surface area is 127 Å². The van der Waals surface area contributed by atoms with E-state index in [4.69, 9.17) is 4.74 Å².